The molecule has 1 atom stereocenters. The van der Waals surface area contributed by atoms with E-state index in [1.54, 1.807) is 6.92 Å². The van der Waals surface area contributed by atoms with E-state index < -0.39 is 10.7 Å². The largest absolute Gasteiger partial charge is 0.375 e. The van der Waals surface area contributed by atoms with Crippen LogP contribution in [0.5, 0.6) is 0 Å². The van der Waals surface area contributed by atoms with E-state index in [0.29, 0.717) is 31.2 Å². The van der Waals surface area contributed by atoms with Gasteiger partial charge in [-0.05, 0) is 25.5 Å². The molecular weight excluding hydrogens is 317 g/mol. The highest BCUT2D eigenvalue weighted by atomic mass is 19.1. The average Bonchev–Trinajstić information content (AvgIpc) is 2.96. The number of H-pyrrole nitrogens is 1. The molecule has 0 bridgehead atoms. The van der Waals surface area contributed by atoms with Crippen molar-refractivity contribution >= 4 is 17.3 Å². The zero-order chi connectivity index (χ0) is 17.3. The van der Waals surface area contributed by atoms with E-state index in [9.17, 15) is 19.3 Å². The van der Waals surface area contributed by atoms with Crippen LogP contribution in [0.1, 0.15) is 12.1 Å². The molecule has 1 aromatic heterocycles. The molecule has 24 heavy (non-hydrogen) atoms. The van der Waals surface area contributed by atoms with E-state index >= 15 is 0 Å². The van der Waals surface area contributed by atoms with Crippen LogP contribution < -0.4 is 15.8 Å². The average molecular weight is 333 g/mol. The molecule has 0 amide bonds. The highest BCUT2D eigenvalue weighted by molar-refractivity contribution is 5.62. The lowest BCUT2D eigenvalue weighted by Gasteiger charge is -2.18. The summed E-state index contributed by atoms with van der Waals surface area (Å²) in [5.74, 6) is -0.167. The second kappa shape index (κ2) is 6.26. The Morgan fingerprint density at radius 3 is 2.96 bits per heavy atom. The highest BCUT2D eigenvalue weighted by Crippen LogP contribution is 2.27. The van der Waals surface area contributed by atoms with Crippen LogP contribution in [-0.4, -0.2) is 34.0 Å². The van der Waals surface area contributed by atoms with Gasteiger partial charge in [-0.3, -0.25) is 19.9 Å². The number of anilines is 2. The molecule has 8 nitrogen and oxygen atoms in total. The van der Waals surface area contributed by atoms with Crippen molar-refractivity contribution < 1.29 is 9.31 Å². The van der Waals surface area contributed by atoms with Gasteiger partial charge in [-0.15, -0.1) is 0 Å². The van der Waals surface area contributed by atoms with Gasteiger partial charge in [-0.2, -0.15) is 0 Å². The van der Waals surface area contributed by atoms with Crippen molar-refractivity contribution in [2.45, 2.75) is 19.4 Å². The van der Waals surface area contributed by atoms with Gasteiger partial charge in [0.15, 0.2) is 0 Å². The third-order valence-electron chi connectivity index (χ3n) is 3.86. The molecule has 3 rings (SSSR count). The lowest BCUT2D eigenvalue weighted by molar-refractivity contribution is -0.384. The number of benzene rings is 1. The summed E-state index contributed by atoms with van der Waals surface area (Å²) in [5.41, 5.74) is 0.386. The Morgan fingerprint density at radius 1 is 1.46 bits per heavy atom. The highest BCUT2D eigenvalue weighted by Gasteiger charge is 2.26. The summed E-state index contributed by atoms with van der Waals surface area (Å²) in [6, 6.07) is 4.79. The summed E-state index contributed by atoms with van der Waals surface area (Å²) < 4.78 is 13.2. The van der Waals surface area contributed by atoms with Gasteiger partial charge in [0.05, 0.1) is 11.0 Å². The molecule has 2 N–H and O–H groups in total. The van der Waals surface area contributed by atoms with Gasteiger partial charge in [0.2, 0.25) is 5.95 Å². The Morgan fingerprint density at radius 2 is 2.25 bits per heavy atom. The fourth-order valence-corrected chi connectivity index (χ4v) is 2.78. The monoisotopic (exact) mass is 333 g/mol. The Bertz CT molecular complexity index is 838. The van der Waals surface area contributed by atoms with Crippen molar-refractivity contribution in [3.8, 4) is 0 Å². The van der Waals surface area contributed by atoms with Crippen molar-refractivity contribution in [1.29, 1.82) is 0 Å². The maximum absolute atomic E-state index is 13.2. The molecule has 0 radical (unpaired) electrons. The number of nitrogens with one attached hydrogen (secondary N) is 2. The summed E-state index contributed by atoms with van der Waals surface area (Å²) in [4.78, 5) is 30.9. The third-order valence-corrected chi connectivity index (χ3v) is 3.86. The molecular formula is C15H16FN5O3. The van der Waals surface area contributed by atoms with Crippen molar-refractivity contribution in [2.24, 2.45) is 0 Å². The van der Waals surface area contributed by atoms with Gasteiger partial charge >= 0.3 is 0 Å². The number of aromatic amines is 1. The zero-order valence-electron chi connectivity index (χ0n) is 13.0. The van der Waals surface area contributed by atoms with E-state index in [-0.39, 0.29) is 23.0 Å². The Kier molecular flexibility index (Phi) is 4.15. The summed E-state index contributed by atoms with van der Waals surface area (Å²) in [5, 5.41) is 14.1. The first kappa shape index (κ1) is 15.9. The normalized spacial score (nSPS) is 17.1. The number of aromatic nitrogens is 2. The Balaban J connectivity index is 1.75. The van der Waals surface area contributed by atoms with Gasteiger partial charge in [0.25, 0.3) is 11.2 Å². The summed E-state index contributed by atoms with van der Waals surface area (Å²) >= 11 is 0. The first-order valence-electron chi connectivity index (χ1n) is 7.46. The number of rotatable bonds is 4. The van der Waals surface area contributed by atoms with Crippen LogP contribution in [0.2, 0.25) is 0 Å². The van der Waals surface area contributed by atoms with Crippen LogP contribution in [0.3, 0.4) is 0 Å². The predicted octanol–water partition coefficient (Wildman–Crippen LogP) is 1.82. The molecule has 2 heterocycles. The maximum atomic E-state index is 13.2. The SMILES string of the molecule is Cc1cc(=O)[nH]c(N2CCC(Nc3ccc(F)cc3[N+](=O)[O-])C2)n1. The summed E-state index contributed by atoms with van der Waals surface area (Å²) in [7, 11) is 0. The molecule has 126 valence electrons. The van der Waals surface area contributed by atoms with Gasteiger partial charge in [-0.25, -0.2) is 9.37 Å². The van der Waals surface area contributed by atoms with Crippen LogP contribution in [-0.2, 0) is 0 Å². The number of nitro benzene ring substituents is 1. The first-order valence-corrected chi connectivity index (χ1v) is 7.46. The molecule has 1 fully saturated rings. The van der Waals surface area contributed by atoms with Crippen LogP contribution in [0.25, 0.3) is 0 Å². The van der Waals surface area contributed by atoms with E-state index in [1.807, 2.05) is 4.90 Å². The Hall–Kier alpha value is -2.97. The minimum atomic E-state index is -0.651. The molecule has 1 aromatic carbocycles. The van der Waals surface area contributed by atoms with Gasteiger partial charge in [-0.1, -0.05) is 0 Å². The quantitative estimate of drug-likeness (QED) is 0.653. The van der Waals surface area contributed by atoms with Crippen LogP contribution >= 0.6 is 0 Å². The Labute approximate surface area is 136 Å². The minimum absolute atomic E-state index is 0.0695. The lowest BCUT2D eigenvalue weighted by atomic mass is 10.2. The van der Waals surface area contributed by atoms with Crippen LogP contribution in [0, 0.1) is 22.9 Å². The zero-order valence-corrected chi connectivity index (χ0v) is 13.0. The second-order valence-electron chi connectivity index (χ2n) is 5.70. The van der Waals surface area contributed by atoms with Crippen molar-refractivity contribution in [1.82, 2.24) is 9.97 Å². The molecule has 2 aromatic rings. The number of halogens is 1. The van der Waals surface area contributed by atoms with Gasteiger partial charge in [0.1, 0.15) is 11.5 Å². The molecule has 0 spiro atoms. The van der Waals surface area contributed by atoms with Gasteiger partial charge in [0, 0.05) is 30.9 Å². The van der Waals surface area contributed by atoms with Crippen LogP contribution in [0.4, 0.5) is 21.7 Å². The number of hydrogen-bond acceptors (Lipinski definition) is 6. The molecule has 1 unspecified atom stereocenters. The molecule has 9 heteroatoms. The first-order chi connectivity index (χ1) is 11.4. The van der Waals surface area contributed by atoms with Crippen molar-refractivity contribution in [3.63, 3.8) is 0 Å². The summed E-state index contributed by atoms with van der Waals surface area (Å²) in [6.45, 7) is 2.92. The van der Waals surface area contributed by atoms with E-state index in [0.717, 1.165) is 6.07 Å². The molecule has 1 aliphatic heterocycles. The number of hydrogen-bond donors (Lipinski definition) is 2. The molecule has 1 saturated heterocycles. The van der Waals surface area contributed by atoms with Gasteiger partial charge < -0.3 is 10.2 Å². The molecule has 1 aliphatic rings. The van der Waals surface area contributed by atoms with E-state index in [4.69, 9.17) is 0 Å². The van der Waals surface area contributed by atoms with E-state index in [2.05, 4.69) is 15.3 Å². The molecule has 0 aliphatic carbocycles. The van der Waals surface area contributed by atoms with E-state index in [1.165, 1.54) is 18.2 Å². The standard InChI is InChI=1S/C15H16FN5O3/c1-9-6-14(22)19-15(17-9)20-5-4-11(8-20)18-12-3-2-10(16)7-13(12)21(23)24/h2-3,6-7,11,18H,4-5,8H2,1H3,(H,17,19,22). The van der Waals surface area contributed by atoms with Crippen LogP contribution in [0.15, 0.2) is 29.1 Å². The lowest BCUT2D eigenvalue weighted by Crippen LogP contribution is -2.29. The number of aryl methyl sites for hydroxylation is 1. The smallest absolute Gasteiger partial charge is 0.295 e. The predicted molar refractivity (Wildman–Crippen MR) is 86.9 cm³/mol. The molecule has 0 saturated carbocycles. The maximum Gasteiger partial charge on any atom is 0.295 e. The topological polar surface area (TPSA) is 104 Å². The fraction of sp³-hybridized carbons (Fsp3) is 0.333. The number of nitrogens with zero attached hydrogens (tertiary/aromatic N) is 3. The summed E-state index contributed by atoms with van der Waals surface area (Å²) in [6.07, 6.45) is 0.714. The third kappa shape index (κ3) is 3.34. The second-order valence-corrected chi connectivity index (χ2v) is 5.70. The van der Waals surface area contributed by atoms with Crippen molar-refractivity contribution in [3.05, 3.63) is 56.2 Å². The number of nitro groups is 1. The van der Waals surface area contributed by atoms with Crippen molar-refractivity contribution in [2.75, 3.05) is 23.3 Å². The minimum Gasteiger partial charge on any atom is -0.375 e. The fourth-order valence-electron chi connectivity index (χ4n) is 2.78.